The largest absolute Gasteiger partial charge is 0.342 e. The first-order chi connectivity index (χ1) is 12.3. The number of fused-ring (bicyclic) bond motifs is 3. The van der Waals surface area contributed by atoms with Gasteiger partial charge in [0.05, 0.1) is 6.04 Å². The first-order valence-corrected chi connectivity index (χ1v) is 9.71. The van der Waals surface area contributed by atoms with Crippen LogP contribution in [0.15, 0.2) is 48.5 Å². The number of nitrogens with zero attached hydrogens (tertiary/aromatic N) is 2. The predicted octanol–water partition coefficient (Wildman–Crippen LogP) is 4.89. The number of rotatable bonds is 3. The van der Waals surface area contributed by atoms with Gasteiger partial charge >= 0.3 is 0 Å². The van der Waals surface area contributed by atoms with Crippen LogP contribution >= 0.6 is 0 Å². The zero-order valence-corrected chi connectivity index (χ0v) is 15.0. The van der Waals surface area contributed by atoms with E-state index in [1.807, 2.05) is 0 Å². The third-order valence-corrected chi connectivity index (χ3v) is 6.17. The Morgan fingerprint density at radius 1 is 1.04 bits per heavy atom. The van der Waals surface area contributed by atoms with E-state index in [2.05, 4.69) is 64.9 Å². The molecule has 0 bridgehead atoms. The van der Waals surface area contributed by atoms with Crippen LogP contribution in [0.1, 0.15) is 41.3 Å². The van der Waals surface area contributed by atoms with Crippen molar-refractivity contribution < 1.29 is 0 Å². The molecular weight excluding hydrogens is 304 g/mol. The number of hydrogen-bond acceptors (Lipinski definition) is 1. The zero-order valence-electron chi connectivity index (χ0n) is 15.0. The topological polar surface area (TPSA) is 8.17 Å². The summed E-state index contributed by atoms with van der Waals surface area (Å²) in [6, 6.07) is 18.6. The normalized spacial score (nSPS) is 20.0. The van der Waals surface area contributed by atoms with Crippen LogP contribution in [0.2, 0.25) is 0 Å². The molecule has 1 unspecified atom stereocenters. The summed E-state index contributed by atoms with van der Waals surface area (Å²) >= 11 is 0. The second-order valence-electron chi connectivity index (χ2n) is 7.72. The van der Waals surface area contributed by atoms with E-state index in [1.165, 1.54) is 54.4 Å². The van der Waals surface area contributed by atoms with Gasteiger partial charge in [0.25, 0.3) is 0 Å². The van der Waals surface area contributed by atoms with E-state index in [0.717, 1.165) is 13.0 Å². The molecule has 2 heterocycles. The molecule has 0 saturated carbocycles. The Hall–Kier alpha value is -2.06. The maximum Gasteiger partial charge on any atom is 0.0504 e. The van der Waals surface area contributed by atoms with Gasteiger partial charge in [-0.3, -0.25) is 4.90 Å². The molecule has 0 radical (unpaired) electrons. The Bertz CT molecular complexity index is 907. The van der Waals surface area contributed by atoms with Crippen molar-refractivity contribution in [3.8, 4) is 0 Å². The van der Waals surface area contributed by atoms with Crippen molar-refractivity contribution in [1.29, 1.82) is 0 Å². The lowest BCUT2D eigenvalue weighted by Gasteiger charge is -2.40. The molecule has 2 heteroatoms. The highest BCUT2D eigenvalue weighted by Crippen LogP contribution is 2.42. The lowest BCUT2D eigenvalue weighted by Crippen LogP contribution is -2.40. The van der Waals surface area contributed by atoms with Crippen molar-refractivity contribution in [1.82, 2.24) is 9.47 Å². The van der Waals surface area contributed by atoms with E-state index in [4.69, 9.17) is 0 Å². The van der Waals surface area contributed by atoms with Crippen LogP contribution in [0.4, 0.5) is 0 Å². The molecule has 0 saturated heterocycles. The van der Waals surface area contributed by atoms with Crippen molar-refractivity contribution in [3.63, 3.8) is 0 Å². The van der Waals surface area contributed by atoms with Crippen molar-refractivity contribution >= 4 is 10.9 Å². The fourth-order valence-electron chi connectivity index (χ4n) is 4.98. The second-order valence-corrected chi connectivity index (χ2v) is 7.72. The van der Waals surface area contributed by atoms with Gasteiger partial charge in [-0.2, -0.15) is 0 Å². The molecule has 0 N–H and O–H groups in total. The number of benzene rings is 2. The van der Waals surface area contributed by atoms with E-state index in [-0.39, 0.29) is 0 Å². The molecular formula is C23H26N2. The van der Waals surface area contributed by atoms with Crippen molar-refractivity contribution in [2.45, 2.75) is 45.2 Å². The van der Waals surface area contributed by atoms with E-state index in [1.54, 1.807) is 11.3 Å². The SMILES string of the molecule is Cc1ccc2c(c1)c1c3n2CCN(CCc2ccccc2)C3CCC1. The van der Waals surface area contributed by atoms with Crippen LogP contribution in [0.3, 0.4) is 0 Å². The first kappa shape index (κ1) is 15.2. The zero-order chi connectivity index (χ0) is 16.8. The summed E-state index contributed by atoms with van der Waals surface area (Å²) in [4.78, 5) is 2.75. The minimum Gasteiger partial charge on any atom is -0.342 e. The molecule has 2 aliphatic rings. The number of hydrogen-bond donors (Lipinski definition) is 0. The van der Waals surface area contributed by atoms with Gasteiger partial charge < -0.3 is 4.57 Å². The molecule has 2 nitrogen and oxygen atoms in total. The molecule has 3 aromatic rings. The van der Waals surface area contributed by atoms with E-state index in [0.29, 0.717) is 6.04 Å². The van der Waals surface area contributed by atoms with Crippen LogP contribution < -0.4 is 0 Å². The maximum atomic E-state index is 2.75. The van der Waals surface area contributed by atoms with Gasteiger partial charge in [-0.1, -0.05) is 42.0 Å². The standard InChI is InChI=1S/C23H26N2/c1-17-10-11-21-20(16-17)19-8-5-9-22-23(19)25(21)15-14-24(22)13-12-18-6-3-2-4-7-18/h2-4,6-7,10-11,16,22H,5,8-9,12-15H2,1H3. The maximum absolute atomic E-state index is 2.75. The number of aromatic nitrogens is 1. The number of aryl methyl sites for hydroxylation is 2. The van der Waals surface area contributed by atoms with Crippen LogP contribution in [0.25, 0.3) is 10.9 Å². The smallest absolute Gasteiger partial charge is 0.0504 e. The molecule has 1 atom stereocenters. The van der Waals surface area contributed by atoms with Gasteiger partial charge in [0, 0.05) is 36.2 Å². The quantitative estimate of drug-likeness (QED) is 0.664. The summed E-state index contributed by atoms with van der Waals surface area (Å²) in [6.45, 7) is 5.71. The van der Waals surface area contributed by atoms with Crippen molar-refractivity contribution in [3.05, 3.63) is 70.9 Å². The summed E-state index contributed by atoms with van der Waals surface area (Å²) in [5.41, 5.74) is 7.57. The third kappa shape index (κ3) is 2.51. The highest BCUT2D eigenvalue weighted by atomic mass is 15.2. The molecule has 0 spiro atoms. The lowest BCUT2D eigenvalue weighted by atomic mass is 9.89. The molecule has 5 rings (SSSR count). The Balaban J connectivity index is 1.49. The molecule has 25 heavy (non-hydrogen) atoms. The van der Waals surface area contributed by atoms with Crippen LogP contribution in [0, 0.1) is 6.92 Å². The van der Waals surface area contributed by atoms with Crippen molar-refractivity contribution in [2.24, 2.45) is 0 Å². The summed E-state index contributed by atoms with van der Waals surface area (Å²) in [5.74, 6) is 0. The van der Waals surface area contributed by atoms with Gasteiger partial charge in [0.15, 0.2) is 0 Å². The van der Waals surface area contributed by atoms with Gasteiger partial charge in [0.2, 0.25) is 0 Å². The fourth-order valence-corrected chi connectivity index (χ4v) is 4.98. The monoisotopic (exact) mass is 330 g/mol. The summed E-state index contributed by atoms with van der Waals surface area (Å²) < 4.78 is 2.63. The molecule has 1 aromatic heterocycles. The first-order valence-electron chi connectivity index (χ1n) is 9.71. The minimum absolute atomic E-state index is 0.619. The van der Waals surface area contributed by atoms with E-state index >= 15 is 0 Å². The molecule has 2 aromatic carbocycles. The van der Waals surface area contributed by atoms with Crippen LogP contribution in [0.5, 0.6) is 0 Å². The highest BCUT2D eigenvalue weighted by Gasteiger charge is 2.34. The average molecular weight is 330 g/mol. The Morgan fingerprint density at radius 2 is 1.92 bits per heavy atom. The summed E-state index contributed by atoms with van der Waals surface area (Å²) in [6.07, 6.45) is 5.06. The Morgan fingerprint density at radius 3 is 2.80 bits per heavy atom. The van der Waals surface area contributed by atoms with Crippen LogP contribution in [-0.2, 0) is 19.4 Å². The van der Waals surface area contributed by atoms with Gasteiger partial charge in [0.1, 0.15) is 0 Å². The summed E-state index contributed by atoms with van der Waals surface area (Å²) in [7, 11) is 0. The average Bonchev–Trinajstić information content (AvgIpc) is 2.97. The van der Waals surface area contributed by atoms with Gasteiger partial charge in [-0.15, -0.1) is 0 Å². The molecule has 1 aliphatic carbocycles. The third-order valence-electron chi connectivity index (χ3n) is 6.17. The molecule has 0 amide bonds. The Kier molecular flexibility index (Phi) is 3.67. The second kappa shape index (κ2) is 6.03. The molecule has 0 fully saturated rings. The Labute approximate surface area is 150 Å². The lowest BCUT2D eigenvalue weighted by molar-refractivity contribution is 0.143. The molecule has 1 aliphatic heterocycles. The van der Waals surface area contributed by atoms with Gasteiger partial charge in [-0.05, 0) is 55.9 Å². The van der Waals surface area contributed by atoms with E-state index < -0.39 is 0 Å². The highest BCUT2D eigenvalue weighted by molar-refractivity contribution is 5.87. The van der Waals surface area contributed by atoms with Crippen LogP contribution in [-0.4, -0.2) is 22.6 Å². The predicted molar refractivity (Wildman–Crippen MR) is 104 cm³/mol. The fraction of sp³-hybridized carbons (Fsp3) is 0.391. The summed E-state index contributed by atoms with van der Waals surface area (Å²) in [5, 5.41) is 1.52. The minimum atomic E-state index is 0.619. The van der Waals surface area contributed by atoms with E-state index in [9.17, 15) is 0 Å². The van der Waals surface area contributed by atoms with Crippen molar-refractivity contribution in [2.75, 3.05) is 13.1 Å². The molecule has 128 valence electrons. The van der Waals surface area contributed by atoms with Gasteiger partial charge in [-0.25, -0.2) is 0 Å².